The lowest BCUT2D eigenvalue weighted by Gasteiger charge is -2.38. The molecule has 0 aromatic carbocycles. The van der Waals surface area contributed by atoms with E-state index in [1.165, 1.54) is 19.3 Å². The Bertz CT molecular complexity index is 234. The normalized spacial score (nSPS) is 21.1. The molecule has 1 fully saturated rings. The number of ketones is 1. The zero-order valence-corrected chi connectivity index (χ0v) is 11.5. The zero-order valence-electron chi connectivity index (χ0n) is 11.5. The van der Waals surface area contributed by atoms with Crippen LogP contribution in [0.1, 0.15) is 53.9 Å². The van der Waals surface area contributed by atoms with Gasteiger partial charge in [-0.15, -0.1) is 0 Å². The van der Waals surface area contributed by atoms with Gasteiger partial charge in [0.15, 0.2) is 5.78 Å². The Labute approximate surface area is 100 Å². The van der Waals surface area contributed by atoms with Crippen LogP contribution in [-0.2, 0) is 4.79 Å². The van der Waals surface area contributed by atoms with Crippen LogP contribution in [0.25, 0.3) is 0 Å². The van der Waals surface area contributed by atoms with Crippen LogP contribution in [-0.4, -0.2) is 29.8 Å². The molecule has 0 radical (unpaired) electrons. The molecular formula is C14H27NO. The van der Waals surface area contributed by atoms with Crippen molar-refractivity contribution in [3.63, 3.8) is 0 Å². The Morgan fingerprint density at radius 1 is 1.06 bits per heavy atom. The van der Waals surface area contributed by atoms with Gasteiger partial charge in [0.05, 0.1) is 6.04 Å². The first-order chi connectivity index (χ1) is 7.34. The first kappa shape index (κ1) is 13.7. The van der Waals surface area contributed by atoms with E-state index < -0.39 is 0 Å². The first-order valence-electron chi connectivity index (χ1n) is 6.62. The molecule has 16 heavy (non-hydrogen) atoms. The highest BCUT2D eigenvalue weighted by Gasteiger charge is 2.35. The van der Waals surface area contributed by atoms with Gasteiger partial charge in [-0.25, -0.2) is 0 Å². The molecule has 0 saturated carbocycles. The average molecular weight is 225 g/mol. The van der Waals surface area contributed by atoms with E-state index in [4.69, 9.17) is 0 Å². The molecular weight excluding hydrogens is 198 g/mol. The molecule has 2 nitrogen and oxygen atoms in total. The maximum absolute atomic E-state index is 12.5. The van der Waals surface area contributed by atoms with E-state index in [2.05, 4.69) is 18.7 Å². The summed E-state index contributed by atoms with van der Waals surface area (Å²) in [6.07, 6.45) is 3.83. The van der Waals surface area contributed by atoms with Gasteiger partial charge in [0, 0.05) is 5.41 Å². The second kappa shape index (κ2) is 5.31. The Hall–Kier alpha value is -0.370. The first-order valence-corrected chi connectivity index (χ1v) is 6.62. The van der Waals surface area contributed by atoms with Crippen molar-refractivity contribution >= 4 is 5.78 Å². The van der Waals surface area contributed by atoms with E-state index in [0.29, 0.717) is 11.7 Å². The summed E-state index contributed by atoms with van der Waals surface area (Å²) in [4.78, 5) is 14.9. The SMILES string of the molecule is CC(C)[C@@H](C(=O)C(C)(C)C)N1CCCCC1. The largest absolute Gasteiger partial charge is 0.297 e. The third kappa shape index (κ3) is 3.31. The van der Waals surface area contributed by atoms with E-state index in [0.717, 1.165) is 13.1 Å². The van der Waals surface area contributed by atoms with Gasteiger partial charge in [0.25, 0.3) is 0 Å². The molecule has 0 aromatic heterocycles. The number of hydrogen-bond donors (Lipinski definition) is 0. The van der Waals surface area contributed by atoms with Crippen LogP contribution in [0.15, 0.2) is 0 Å². The van der Waals surface area contributed by atoms with Gasteiger partial charge in [-0.2, -0.15) is 0 Å². The van der Waals surface area contributed by atoms with Crippen molar-refractivity contribution in [3.05, 3.63) is 0 Å². The number of nitrogens with zero attached hydrogens (tertiary/aromatic N) is 1. The van der Waals surface area contributed by atoms with E-state index in [-0.39, 0.29) is 11.5 Å². The maximum Gasteiger partial charge on any atom is 0.155 e. The highest BCUT2D eigenvalue weighted by molar-refractivity contribution is 5.88. The Kier molecular flexibility index (Phi) is 4.54. The number of carbonyl (C=O) groups excluding carboxylic acids is 1. The number of likely N-dealkylation sites (tertiary alicyclic amines) is 1. The third-order valence-corrected chi connectivity index (χ3v) is 3.42. The number of Topliss-reactive ketones (excluding diaryl/α,β-unsaturated/α-hetero) is 1. The minimum Gasteiger partial charge on any atom is -0.297 e. The molecule has 1 aliphatic heterocycles. The molecule has 0 aromatic rings. The minimum atomic E-state index is -0.216. The maximum atomic E-state index is 12.5. The number of piperidine rings is 1. The van der Waals surface area contributed by atoms with Crippen LogP contribution < -0.4 is 0 Å². The van der Waals surface area contributed by atoms with Gasteiger partial charge < -0.3 is 0 Å². The van der Waals surface area contributed by atoms with Crippen molar-refractivity contribution in [1.82, 2.24) is 4.90 Å². The molecule has 1 rings (SSSR count). The Balaban J connectivity index is 2.77. The van der Waals surface area contributed by atoms with Crippen molar-refractivity contribution < 1.29 is 4.79 Å². The summed E-state index contributed by atoms with van der Waals surface area (Å²) >= 11 is 0. The van der Waals surface area contributed by atoms with E-state index in [1.807, 2.05) is 20.8 Å². The van der Waals surface area contributed by atoms with Gasteiger partial charge in [0.2, 0.25) is 0 Å². The molecule has 0 unspecified atom stereocenters. The quantitative estimate of drug-likeness (QED) is 0.735. The lowest BCUT2D eigenvalue weighted by Crippen LogP contribution is -2.50. The number of carbonyl (C=O) groups is 1. The van der Waals surface area contributed by atoms with Gasteiger partial charge in [-0.05, 0) is 31.8 Å². The Morgan fingerprint density at radius 2 is 1.56 bits per heavy atom. The minimum absolute atomic E-state index is 0.125. The molecule has 94 valence electrons. The predicted molar refractivity (Wildman–Crippen MR) is 68.5 cm³/mol. The van der Waals surface area contributed by atoms with Crippen molar-refractivity contribution in [3.8, 4) is 0 Å². The molecule has 0 aliphatic carbocycles. The van der Waals surface area contributed by atoms with Crippen LogP contribution in [0, 0.1) is 11.3 Å². The van der Waals surface area contributed by atoms with Gasteiger partial charge in [-0.3, -0.25) is 9.69 Å². The second-order valence-corrected chi connectivity index (χ2v) is 6.40. The highest BCUT2D eigenvalue weighted by Crippen LogP contribution is 2.26. The fraction of sp³-hybridized carbons (Fsp3) is 0.929. The molecule has 1 atom stereocenters. The van der Waals surface area contributed by atoms with Crippen LogP contribution in [0.2, 0.25) is 0 Å². The van der Waals surface area contributed by atoms with Crippen molar-refractivity contribution in [2.75, 3.05) is 13.1 Å². The lowest BCUT2D eigenvalue weighted by atomic mass is 9.81. The van der Waals surface area contributed by atoms with Crippen molar-refractivity contribution in [2.24, 2.45) is 11.3 Å². The smallest absolute Gasteiger partial charge is 0.155 e. The van der Waals surface area contributed by atoms with Crippen LogP contribution in [0.3, 0.4) is 0 Å². The molecule has 2 heteroatoms. The molecule has 0 spiro atoms. The molecule has 0 N–H and O–H groups in total. The molecule has 1 aliphatic rings. The van der Waals surface area contributed by atoms with Gasteiger partial charge in [0.1, 0.15) is 0 Å². The zero-order chi connectivity index (χ0) is 12.3. The number of hydrogen-bond acceptors (Lipinski definition) is 2. The Morgan fingerprint density at radius 3 is 1.94 bits per heavy atom. The third-order valence-electron chi connectivity index (χ3n) is 3.42. The summed E-state index contributed by atoms with van der Waals surface area (Å²) in [5.41, 5.74) is -0.216. The molecule has 1 heterocycles. The van der Waals surface area contributed by atoms with Gasteiger partial charge in [-0.1, -0.05) is 41.0 Å². The lowest BCUT2D eigenvalue weighted by molar-refractivity contribution is -0.134. The highest BCUT2D eigenvalue weighted by atomic mass is 16.1. The van der Waals surface area contributed by atoms with Crippen LogP contribution in [0.4, 0.5) is 0 Å². The van der Waals surface area contributed by atoms with Crippen molar-refractivity contribution in [1.29, 1.82) is 0 Å². The second-order valence-electron chi connectivity index (χ2n) is 6.40. The fourth-order valence-corrected chi connectivity index (χ4v) is 2.53. The van der Waals surface area contributed by atoms with Crippen LogP contribution >= 0.6 is 0 Å². The topological polar surface area (TPSA) is 20.3 Å². The summed E-state index contributed by atoms with van der Waals surface area (Å²) in [6, 6.07) is 0.125. The summed E-state index contributed by atoms with van der Waals surface area (Å²) in [6.45, 7) is 12.7. The molecule has 1 saturated heterocycles. The summed E-state index contributed by atoms with van der Waals surface area (Å²) in [7, 11) is 0. The monoisotopic (exact) mass is 225 g/mol. The molecule has 0 amide bonds. The van der Waals surface area contributed by atoms with Crippen molar-refractivity contribution in [2.45, 2.75) is 59.9 Å². The standard InChI is InChI=1S/C14H27NO/c1-11(2)12(13(16)14(3,4)5)15-9-7-6-8-10-15/h11-12H,6-10H2,1-5H3/t12-/m0/s1. The van der Waals surface area contributed by atoms with E-state index in [9.17, 15) is 4.79 Å². The van der Waals surface area contributed by atoms with Gasteiger partial charge >= 0.3 is 0 Å². The predicted octanol–water partition coefficient (Wildman–Crippen LogP) is 3.11. The number of rotatable bonds is 3. The summed E-state index contributed by atoms with van der Waals surface area (Å²) in [5, 5.41) is 0. The van der Waals surface area contributed by atoms with E-state index >= 15 is 0 Å². The van der Waals surface area contributed by atoms with Crippen LogP contribution in [0.5, 0.6) is 0 Å². The van der Waals surface area contributed by atoms with E-state index in [1.54, 1.807) is 0 Å². The average Bonchev–Trinajstić information content (AvgIpc) is 2.17. The summed E-state index contributed by atoms with van der Waals surface area (Å²) in [5.74, 6) is 0.828. The fourth-order valence-electron chi connectivity index (χ4n) is 2.53. The molecule has 0 bridgehead atoms. The summed E-state index contributed by atoms with van der Waals surface area (Å²) < 4.78 is 0.